The summed E-state index contributed by atoms with van der Waals surface area (Å²) in [5, 5.41) is 0. The molecule has 2 aromatic carbocycles. The average molecular weight is 342 g/mol. The first kappa shape index (κ1) is 18.4. The maximum absolute atomic E-state index is 11.6. The van der Waals surface area contributed by atoms with E-state index in [-0.39, 0.29) is 13.2 Å². The van der Waals surface area contributed by atoms with E-state index in [4.69, 9.17) is 9.47 Å². The predicted molar refractivity (Wildman–Crippen MR) is 96.8 cm³/mol. The van der Waals surface area contributed by atoms with Gasteiger partial charge in [0.1, 0.15) is 0 Å². The van der Waals surface area contributed by atoms with Gasteiger partial charge in [0.05, 0.1) is 11.1 Å². The average Bonchev–Trinajstić information content (AvgIpc) is 2.70. The van der Waals surface area contributed by atoms with Gasteiger partial charge in [0.2, 0.25) is 0 Å². The molecule has 0 aliphatic rings. The van der Waals surface area contributed by atoms with Gasteiger partial charge in [0.15, 0.2) is 13.2 Å². The molecule has 26 heavy (non-hydrogen) atoms. The summed E-state index contributed by atoms with van der Waals surface area (Å²) in [5.74, 6) is 14.4. The lowest BCUT2D eigenvalue weighted by molar-refractivity contribution is 0.0547. The second-order valence-corrected chi connectivity index (χ2v) is 4.74. The molecule has 0 aliphatic carbocycles. The fourth-order valence-electron chi connectivity index (χ4n) is 1.74. The molecule has 0 aromatic heterocycles. The number of rotatable bonds is 4. The second-order valence-electron chi connectivity index (χ2n) is 4.74. The molecule has 0 saturated carbocycles. The first-order valence-corrected chi connectivity index (χ1v) is 7.67. The Kier molecular flexibility index (Phi) is 7.62. The lowest BCUT2D eigenvalue weighted by Gasteiger charge is -1.99. The van der Waals surface area contributed by atoms with E-state index in [1.54, 1.807) is 48.5 Å². The van der Waals surface area contributed by atoms with Crippen molar-refractivity contribution in [1.29, 1.82) is 0 Å². The highest BCUT2D eigenvalue weighted by Gasteiger charge is 2.04. The Morgan fingerprint density at radius 2 is 1.00 bits per heavy atom. The SMILES string of the molecule is O=C(OCC#CC#CC#CCOC(=O)c1ccccc1)c1ccccc1. The Morgan fingerprint density at radius 3 is 1.38 bits per heavy atom. The van der Waals surface area contributed by atoms with Gasteiger partial charge in [-0.2, -0.15) is 0 Å². The second kappa shape index (κ2) is 10.8. The third-order valence-corrected chi connectivity index (χ3v) is 2.93. The van der Waals surface area contributed by atoms with Crippen LogP contribution in [0.15, 0.2) is 60.7 Å². The van der Waals surface area contributed by atoms with Crippen LogP contribution in [0, 0.1) is 35.5 Å². The number of hydrogen-bond acceptors (Lipinski definition) is 4. The minimum Gasteiger partial charge on any atom is -0.449 e. The van der Waals surface area contributed by atoms with E-state index in [1.807, 2.05) is 12.1 Å². The topological polar surface area (TPSA) is 52.6 Å². The number of benzene rings is 2. The molecule has 0 radical (unpaired) electrons. The zero-order valence-corrected chi connectivity index (χ0v) is 13.8. The Morgan fingerprint density at radius 1 is 0.615 bits per heavy atom. The monoisotopic (exact) mass is 342 g/mol. The first-order valence-electron chi connectivity index (χ1n) is 7.67. The van der Waals surface area contributed by atoms with Gasteiger partial charge in [-0.05, 0) is 59.8 Å². The normalized spacial score (nSPS) is 8.46. The van der Waals surface area contributed by atoms with Crippen LogP contribution in [0.5, 0.6) is 0 Å². The zero-order valence-electron chi connectivity index (χ0n) is 13.8. The highest BCUT2D eigenvalue weighted by Crippen LogP contribution is 2.01. The fraction of sp³-hybridized carbons (Fsp3) is 0.0909. The van der Waals surface area contributed by atoms with Crippen LogP contribution in [0.1, 0.15) is 20.7 Å². The lowest BCUT2D eigenvalue weighted by Crippen LogP contribution is -2.04. The van der Waals surface area contributed by atoms with Gasteiger partial charge in [-0.15, -0.1) is 0 Å². The summed E-state index contributed by atoms with van der Waals surface area (Å²) < 4.78 is 9.94. The van der Waals surface area contributed by atoms with Crippen molar-refractivity contribution in [2.45, 2.75) is 0 Å². The molecule has 0 spiro atoms. The van der Waals surface area contributed by atoms with Crippen LogP contribution in [-0.2, 0) is 9.47 Å². The molecular weight excluding hydrogens is 328 g/mol. The molecule has 0 N–H and O–H groups in total. The van der Waals surface area contributed by atoms with Crippen molar-refractivity contribution in [2.24, 2.45) is 0 Å². The van der Waals surface area contributed by atoms with Crippen LogP contribution in [0.25, 0.3) is 0 Å². The first-order chi connectivity index (χ1) is 12.8. The zero-order chi connectivity index (χ0) is 18.5. The van der Waals surface area contributed by atoms with Crippen molar-refractivity contribution in [3.8, 4) is 35.5 Å². The van der Waals surface area contributed by atoms with Crippen molar-refractivity contribution in [2.75, 3.05) is 13.2 Å². The molecule has 2 aromatic rings. The summed E-state index contributed by atoms with van der Waals surface area (Å²) in [6, 6.07) is 17.3. The van der Waals surface area contributed by atoms with Crippen LogP contribution < -0.4 is 0 Å². The molecule has 4 nitrogen and oxygen atoms in total. The van der Waals surface area contributed by atoms with Gasteiger partial charge in [-0.25, -0.2) is 9.59 Å². The van der Waals surface area contributed by atoms with Gasteiger partial charge < -0.3 is 9.47 Å². The van der Waals surface area contributed by atoms with Crippen LogP contribution in [0.3, 0.4) is 0 Å². The number of esters is 2. The largest absolute Gasteiger partial charge is 0.449 e. The Bertz CT molecular complexity index is 850. The maximum atomic E-state index is 11.6. The molecule has 0 unspecified atom stereocenters. The third kappa shape index (κ3) is 6.67. The van der Waals surface area contributed by atoms with Crippen LogP contribution in [-0.4, -0.2) is 25.2 Å². The smallest absolute Gasteiger partial charge is 0.339 e. The molecule has 0 heterocycles. The summed E-state index contributed by atoms with van der Waals surface area (Å²) in [4.78, 5) is 23.2. The van der Waals surface area contributed by atoms with E-state index in [0.29, 0.717) is 11.1 Å². The van der Waals surface area contributed by atoms with Gasteiger partial charge in [0.25, 0.3) is 0 Å². The molecule has 0 saturated heterocycles. The molecule has 0 amide bonds. The van der Waals surface area contributed by atoms with E-state index in [9.17, 15) is 9.59 Å². The van der Waals surface area contributed by atoms with Gasteiger partial charge in [-0.1, -0.05) is 36.4 Å². The molecule has 2 rings (SSSR count). The highest BCUT2D eigenvalue weighted by molar-refractivity contribution is 5.89. The summed E-state index contributed by atoms with van der Waals surface area (Å²) in [5.41, 5.74) is 0.938. The number of carbonyl (C=O) groups excluding carboxylic acids is 2. The fourth-order valence-corrected chi connectivity index (χ4v) is 1.74. The Balaban J connectivity index is 1.67. The standard InChI is InChI=1S/C22H14O4/c23-21(19-13-7-5-8-14-19)25-17-11-3-1-2-4-12-18-26-22(24)20-15-9-6-10-16-20/h5-10,13-16H,17-18H2. The predicted octanol–water partition coefficient (Wildman–Crippen LogP) is 2.71. The molecule has 0 bridgehead atoms. The third-order valence-electron chi connectivity index (χ3n) is 2.93. The van der Waals surface area contributed by atoms with E-state index >= 15 is 0 Å². The van der Waals surface area contributed by atoms with E-state index < -0.39 is 11.9 Å². The van der Waals surface area contributed by atoms with Crippen LogP contribution in [0.4, 0.5) is 0 Å². The molecule has 0 aliphatic heterocycles. The van der Waals surface area contributed by atoms with Gasteiger partial charge >= 0.3 is 11.9 Å². The Labute approximate surface area is 152 Å². The van der Waals surface area contributed by atoms with Crippen molar-refractivity contribution in [3.05, 3.63) is 71.8 Å². The summed E-state index contributed by atoms with van der Waals surface area (Å²) in [6.45, 7) is -0.102. The summed E-state index contributed by atoms with van der Waals surface area (Å²) in [7, 11) is 0. The summed E-state index contributed by atoms with van der Waals surface area (Å²) in [6.07, 6.45) is 0. The number of carbonyl (C=O) groups is 2. The van der Waals surface area contributed by atoms with Crippen LogP contribution in [0.2, 0.25) is 0 Å². The quantitative estimate of drug-likeness (QED) is 0.633. The van der Waals surface area contributed by atoms with Crippen molar-refractivity contribution >= 4 is 11.9 Å². The van der Waals surface area contributed by atoms with E-state index in [1.165, 1.54) is 0 Å². The maximum Gasteiger partial charge on any atom is 0.339 e. The molecule has 4 heteroatoms. The van der Waals surface area contributed by atoms with Crippen LogP contribution >= 0.6 is 0 Å². The lowest BCUT2D eigenvalue weighted by atomic mass is 10.2. The minimum atomic E-state index is -0.437. The summed E-state index contributed by atoms with van der Waals surface area (Å²) >= 11 is 0. The Hall–Kier alpha value is -3.94. The van der Waals surface area contributed by atoms with Crippen molar-refractivity contribution in [3.63, 3.8) is 0 Å². The van der Waals surface area contributed by atoms with Gasteiger partial charge in [-0.3, -0.25) is 0 Å². The molecule has 0 fully saturated rings. The van der Waals surface area contributed by atoms with E-state index in [0.717, 1.165) is 0 Å². The molecule has 126 valence electrons. The minimum absolute atomic E-state index is 0.0511. The number of hydrogen-bond donors (Lipinski definition) is 0. The molecule has 0 atom stereocenters. The van der Waals surface area contributed by atoms with Crippen molar-refractivity contribution < 1.29 is 19.1 Å². The highest BCUT2D eigenvalue weighted by atomic mass is 16.5. The van der Waals surface area contributed by atoms with Crippen molar-refractivity contribution in [1.82, 2.24) is 0 Å². The van der Waals surface area contributed by atoms with E-state index in [2.05, 4.69) is 35.5 Å². The van der Waals surface area contributed by atoms with Gasteiger partial charge in [0, 0.05) is 0 Å². The number of ether oxygens (including phenoxy) is 2. The molecular formula is C22H14O4.